The lowest BCUT2D eigenvalue weighted by Crippen LogP contribution is -2.38. The zero-order chi connectivity index (χ0) is 21.8. The molecule has 164 valence electrons. The number of hydrogen-bond acceptors (Lipinski definition) is 4. The molecule has 0 aliphatic carbocycles. The Kier molecular flexibility index (Phi) is 6.70. The monoisotopic (exact) mass is 439 g/mol. The third kappa shape index (κ3) is 5.15. The Labute approximate surface area is 187 Å². The van der Waals surface area contributed by atoms with Gasteiger partial charge in [-0.2, -0.15) is 0 Å². The molecule has 0 radical (unpaired) electrons. The van der Waals surface area contributed by atoms with Crippen LogP contribution in [0.15, 0.2) is 35.7 Å². The van der Waals surface area contributed by atoms with Gasteiger partial charge in [0.05, 0.1) is 0 Å². The molecule has 1 fully saturated rings. The van der Waals surface area contributed by atoms with Crippen molar-refractivity contribution in [1.29, 1.82) is 0 Å². The first-order valence-corrected chi connectivity index (χ1v) is 11.9. The van der Waals surface area contributed by atoms with Crippen molar-refractivity contribution in [2.24, 2.45) is 0 Å². The van der Waals surface area contributed by atoms with Crippen LogP contribution in [0.5, 0.6) is 0 Å². The summed E-state index contributed by atoms with van der Waals surface area (Å²) in [5.41, 5.74) is 2.99. The minimum atomic E-state index is 0.00596. The molecule has 31 heavy (non-hydrogen) atoms. The van der Waals surface area contributed by atoms with Crippen LogP contribution in [-0.2, 0) is 22.6 Å². The second-order valence-corrected chi connectivity index (χ2v) is 9.33. The third-order valence-corrected chi connectivity index (χ3v) is 7.14. The average molecular weight is 440 g/mol. The predicted molar refractivity (Wildman–Crippen MR) is 121 cm³/mol. The van der Waals surface area contributed by atoms with Crippen LogP contribution in [0.3, 0.4) is 0 Å². The molecule has 2 aromatic rings. The Morgan fingerprint density at radius 2 is 1.65 bits per heavy atom. The van der Waals surface area contributed by atoms with E-state index >= 15 is 0 Å². The number of aryl methyl sites for hydroxylation is 1. The molecule has 3 amide bonds. The van der Waals surface area contributed by atoms with Crippen molar-refractivity contribution in [1.82, 2.24) is 14.7 Å². The molecule has 0 unspecified atom stereocenters. The van der Waals surface area contributed by atoms with E-state index in [9.17, 15) is 14.4 Å². The summed E-state index contributed by atoms with van der Waals surface area (Å²) in [6, 6.07) is 9.71. The largest absolute Gasteiger partial charge is 0.341 e. The van der Waals surface area contributed by atoms with E-state index in [1.54, 1.807) is 11.3 Å². The van der Waals surface area contributed by atoms with Gasteiger partial charge < -0.3 is 14.7 Å². The van der Waals surface area contributed by atoms with E-state index in [4.69, 9.17) is 0 Å². The van der Waals surface area contributed by atoms with Gasteiger partial charge in [0, 0.05) is 62.6 Å². The Hall–Kier alpha value is -2.67. The van der Waals surface area contributed by atoms with Gasteiger partial charge in [-0.15, -0.1) is 11.3 Å². The fourth-order valence-electron chi connectivity index (χ4n) is 4.32. The van der Waals surface area contributed by atoms with Gasteiger partial charge in [0.25, 0.3) is 5.91 Å². The third-order valence-electron chi connectivity index (χ3n) is 6.11. The summed E-state index contributed by atoms with van der Waals surface area (Å²) in [6.45, 7) is 5.70. The molecule has 1 aromatic carbocycles. The van der Waals surface area contributed by atoms with Gasteiger partial charge in [0.2, 0.25) is 11.8 Å². The van der Waals surface area contributed by atoms with E-state index in [-0.39, 0.29) is 30.6 Å². The summed E-state index contributed by atoms with van der Waals surface area (Å²) in [5, 5.41) is 2.08. The lowest BCUT2D eigenvalue weighted by Gasteiger charge is -2.27. The highest BCUT2D eigenvalue weighted by atomic mass is 32.1. The van der Waals surface area contributed by atoms with Crippen LogP contribution in [0.2, 0.25) is 0 Å². The molecule has 0 saturated carbocycles. The summed E-state index contributed by atoms with van der Waals surface area (Å²) in [7, 11) is 0. The first-order chi connectivity index (χ1) is 15.0. The van der Waals surface area contributed by atoms with Gasteiger partial charge >= 0.3 is 0 Å². The van der Waals surface area contributed by atoms with Gasteiger partial charge in [-0.3, -0.25) is 14.4 Å². The summed E-state index contributed by atoms with van der Waals surface area (Å²) in [6.07, 6.45) is 2.15. The highest BCUT2D eigenvalue weighted by Gasteiger charge is 2.25. The van der Waals surface area contributed by atoms with E-state index < -0.39 is 0 Å². The van der Waals surface area contributed by atoms with E-state index in [1.807, 2.05) is 45.9 Å². The smallest absolute Gasteiger partial charge is 0.253 e. The van der Waals surface area contributed by atoms with Gasteiger partial charge in [0.15, 0.2) is 0 Å². The normalized spacial score (nSPS) is 16.6. The number of fused-ring (bicyclic) bond motifs is 1. The number of carbonyl (C=O) groups is 3. The molecule has 2 aliphatic rings. The van der Waals surface area contributed by atoms with Crippen molar-refractivity contribution in [2.75, 3.05) is 32.7 Å². The zero-order valence-corrected chi connectivity index (χ0v) is 18.8. The Balaban J connectivity index is 1.26. The van der Waals surface area contributed by atoms with Crippen molar-refractivity contribution in [3.8, 4) is 0 Å². The van der Waals surface area contributed by atoms with Gasteiger partial charge in [0.1, 0.15) is 0 Å². The maximum Gasteiger partial charge on any atom is 0.253 e. The number of carbonyl (C=O) groups excluding carboxylic acids is 3. The fraction of sp³-hybridized carbons (Fsp3) is 0.458. The minimum absolute atomic E-state index is 0.00596. The molecule has 3 heterocycles. The van der Waals surface area contributed by atoms with Gasteiger partial charge in [-0.1, -0.05) is 17.7 Å². The SMILES string of the molecule is Cc1cccc(C(=O)N2CCCN(C(=O)CCC(=O)N3CCc4sccc4C3)CC2)c1. The Bertz CT molecular complexity index is 970. The summed E-state index contributed by atoms with van der Waals surface area (Å²) in [4.78, 5) is 45.0. The standard InChI is InChI=1S/C24H29N3O3S/c1-18-4-2-5-19(16-18)24(30)26-11-3-10-25(13-14-26)22(28)6-7-23(29)27-12-8-21-20(17-27)9-15-31-21/h2,4-5,9,15-16H,3,6-8,10-14,17H2,1H3. The summed E-state index contributed by atoms with van der Waals surface area (Å²) >= 11 is 1.75. The Morgan fingerprint density at radius 1 is 0.903 bits per heavy atom. The van der Waals surface area contributed by atoms with E-state index in [1.165, 1.54) is 10.4 Å². The molecule has 0 atom stereocenters. The molecule has 0 N–H and O–H groups in total. The molecule has 4 rings (SSSR count). The molecule has 1 saturated heterocycles. The molecular formula is C24H29N3O3S. The van der Waals surface area contributed by atoms with Gasteiger partial charge in [-0.05, 0) is 48.9 Å². The topological polar surface area (TPSA) is 60.9 Å². The molecule has 1 aromatic heterocycles. The van der Waals surface area contributed by atoms with E-state index in [0.717, 1.165) is 24.9 Å². The van der Waals surface area contributed by atoms with Crippen molar-refractivity contribution in [3.63, 3.8) is 0 Å². The first kappa shape index (κ1) is 21.6. The fourth-order valence-corrected chi connectivity index (χ4v) is 5.21. The number of amides is 3. The number of hydrogen-bond donors (Lipinski definition) is 0. The summed E-state index contributed by atoms with van der Waals surface area (Å²) in [5.74, 6) is 0.0776. The average Bonchev–Trinajstić information content (AvgIpc) is 3.11. The quantitative estimate of drug-likeness (QED) is 0.736. The second-order valence-electron chi connectivity index (χ2n) is 8.33. The highest BCUT2D eigenvalue weighted by Crippen LogP contribution is 2.24. The van der Waals surface area contributed by atoms with Crippen LogP contribution in [0.25, 0.3) is 0 Å². The molecule has 7 heteroatoms. The van der Waals surface area contributed by atoms with Crippen LogP contribution in [0.4, 0.5) is 0 Å². The molecule has 2 aliphatic heterocycles. The van der Waals surface area contributed by atoms with Crippen LogP contribution in [0.1, 0.15) is 45.6 Å². The van der Waals surface area contributed by atoms with E-state index in [0.29, 0.717) is 38.3 Å². The van der Waals surface area contributed by atoms with Crippen LogP contribution in [0, 0.1) is 6.92 Å². The zero-order valence-electron chi connectivity index (χ0n) is 18.0. The number of nitrogens with zero attached hydrogens (tertiary/aromatic N) is 3. The van der Waals surface area contributed by atoms with Crippen molar-refractivity contribution < 1.29 is 14.4 Å². The molecular weight excluding hydrogens is 410 g/mol. The maximum absolute atomic E-state index is 12.8. The number of benzene rings is 1. The number of rotatable bonds is 4. The van der Waals surface area contributed by atoms with E-state index in [2.05, 4.69) is 11.4 Å². The molecule has 6 nitrogen and oxygen atoms in total. The number of thiophene rings is 1. The lowest BCUT2D eigenvalue weighted by molar-refractivity contribution is -0.137. The highest BCUT2D eigenvalue weighted by molar-refractivity contribution is 7.10. The second kappa shape index (κ2) is 9.64. The maximum atomic E-state index is 12.8. The summed E-state index contributed by atoms with van der Waals surface area (Å²) < 4.78 is 0. The van der Waals surface area contributed by atoms with Crippen molar-refractivity contribution >= 4 is 29.1 Å². The van der Waals surface area contributed by atoms with Gasteiger partial charge in [-0.25, -0.2) is 0 Å². The van der Waals surface area contributed by atoms with Crippen LogP contribution in [-0.4, -0.2) is 65.1 Å². The Morgan fingerprint density at radius 3 is 2.45 bits per heavy atom. The van der Waals surface area contributed by atoms with Crippen molar-refractivity contribution in [3.05, 3.63) is 57.3 Å². The van der Waals surface area contributed by atoms with Crippen LogP contribution < -0.4 is 0 Å². The molecule has 0 bridgehead atoms. The van der Waals surface area contributed by atoms with Crippen molar-refractivity contribution in [2.45, 2.75) is 39.2 Å². The molecule has 0 spiro atoms. The first-order valence-electron chi connectivity index (χ1n) is 11.0. The minimum Gasteiger partial charge on any atom is -0.341 e. The van der Waals surface area contributed by atoms with Crippen LogP contribution >= 0.6 is 11.3 Å². The predicted octanol–water partition coefficient (Wildman–Crippen LogP) is 3.10. The lowest BCUT2D eigenvalue weighted by atomic mass is 10.1.